The molecule has 15 heavy (non-hydrogen) atoms. The van der Waals surface area contributed by atoms with Crippen LogP contribution in [0.15, 0.2) is 36.5 Å². The van der Waals surface area contributed by atoms with Crippen molar-refractivity contribution in [3.05, 3.63) is 36.5 Å². The number of carbonyl (C=O) groups excluding carboxylic acids is 1. The molecule has 2 heterocycles. The molecule has 3 nitrogen and oxygen atoms in total. The standard InChI is InChI=1S/C8H7N.C4H7NO/c1-2-4-8-7(3-1)5-6-9-8;6-4-2-1-3-5-4/h1-6,9H;1-3H2,(H,5,6). The number of carbonyl (C=O) groups is 1. The van der Waals surface area contributed by atoms with Gasteiger partial charge in [-0.05, 0) is 23.9 Å². The van der Waals surface area contributed by atoms with Gasteiger partial charge in [0.1, 0.15) is 0 Å². The lowest BCUT2D eigenvalue weighted by Crippen LogP contribution is -2.12. The third-order valence-corrected chi connectivity index (χ3v) is 2.37. The molecule has 78 valence electrons. The first-order valence-electron chi connectivity index (χ1n) is 5.15. The summed E-state index contributed by atoms with van der Waals surface area (Å²) in [5.41, 5.74) is 1.21. The maximum absolute atomic E-state index is 10.1. The number of aromatic amines is 1. The second kappa shape index (κ2) is 4.64. The molecule has 3 heteroatoms. The fourth-order valence-corrected chi connectivity index (χ4v) is 1.56. The van der Waals surface area contributed by atoms with E-state index in [0.29, 0.717) is 0 Å². The van der Waals surface area contributed by atoms with Crippen molar-refractivity contribution in [2.45, 2.75) is 12.8 Å². The zero-order valence-corrected chi connectivity index (χ0v) is 8.49. The van der Waals surface area contributed by atoms with Gasteiger partial charge in [0, 0.05) is 24.7 Å². The van der Waals surface area contributed by atoms with Crippen molar-refractivity contribution >= 4 is 16.8 Å². The van der Waals surface area contributed by atoms with Crippen molar-refractivity contribution < 1.29 is 4.79 Å². The normalized spacial score (nSPS) is 14.5. The van der Waals surface area contributed by atoms with Gasteiger partial charge >= 0.3 is 0 Å². The molecule has 0 saturated carbocycles. The Bertz CT molecular complexity index is 409. The number of nitrogens with one attached hydrogen (secondary N) is 2. The molecule has 1 aromatic heterocycles. The maximum Gasteiger partial charge on any atom is 0.220 e. The average Bonchev–Trinajstić information content (AvgIpc) is 2.88. The number of benzene rings is 1. The second-order valence-corrected chi connectivity index (χ2v) is 3.52. The van der Waals surface area contributed by atoms with Crippen molar-refractivity contribution in [3.8, 4) is 0 Å². The molecule has 1 aliphatic rings. The first-order valence-corrected chi connectivity index (χ1v) is 5.15. The van der Waals surface area contributed by atoms with Gasteiger partial charge in [-0.3, -0.25) is 4.79 Å². The molecule has 1 aromatic carbocycles. The number of amides is 1. The highest BCUT2D eigenvalue weighted by Gasteiger charge is 2.05. The molecule has 0 spiro atoms. The lowest BCUT2D eigenvalue weighted by atomic mass is 10.3. The Kier molecular flexibility index (Phi) is 3.02. The molecule has 0 radical (unpaired) electrons. The Balaban J connectivity index is 0.000000124. The number of H-pyrrole nitrogens is 1. The first kappa shape index (κ1) is 9.77. The van der Waals surface area contributed by atoms with Crippen LogP contribution in [-0.4, -0.2) is 17.4 Å². The van der Waals surface area contributed by atoms with Crippen molar-refractivity contribution in [3.63, 3.8) is 0 Å². The fourth-order valence-electron chi connectivity index (χ4n) is 1.56. The predicted octanol–water partition coefficient (Wildman–Crippen LogP) is 2.06. The number of hydrogen-bond acceptors (Lipinski definition) is 1. The summed E-state index contributed by atoms with van der Waals surface area (Å²) in [7, 11) is 0. The molecular weight excluding hydrogens is 188 g/mol. The highest BCUT2D eigenvalue weighted by molar-refractivity contribution is 5.78. The van der Waals surface area contributed by atoms with E-state index < -0.39 is 0 Å². The van der Waals surface area contributed by atoms with Crippen LogP contribution in [0.25, 0.3) is 10.9 Å². The summed E-state index contributed by atoms with van der Waals surface area (Å²) in [6.45, 7) is 0.888. The third kappa shape index (κ3) is 2.59. The SMILES string of the molecule is O=C1CCCN1.c1ccc2[nH]ccc2c1. The minimum absolute atomic E-state index is 0.204. The monoisotopic (exact) mass is 202 g/mol. The van der Waals surface area contributed by atoms with Crippen LogP contribution < -0.4 is 5.32 Å². The van der Waals surface area contributed by atoms with E-state index >= 15 is 0 Å². The second-order valence-electron chi connectivity index (χ2n) is 3.52. The van der Waals surface area contributed by atoms with Gasteiger partial charge < -0.3 is 10.3 Å². The Morgan fingerprint density at radius 3 is 2.60 bits per heavy atom. The van der Waals surface area contributed by atoms with Gasteiger partial charge in [0.15, 0.2) is 0 Å². The summed E-state index contributed by atoms with van der Waals surface area (Å²) in [5, 5.41) is 3.96. The van der Waals surface area contributed by atoms with Gasteiger partial charge in [-0.15, -0.1) is 0 Å². The zero-order valence-electron chi connectivity index (χ0n) is 8.49. The molecule has 1 aliphatic heterocycles. The Morgan fingerprint density at radius 1 is 1.13 bits per heavy atom. The van der Waals surface area contributed by atoms with E-state index in [1.165, 1.54) is 10.9 Å². The molecule has 2 aromatic rings. The molecule has 3 rings (SSSR count). The zero-order chi connectivity index (χ0) is 10.5. The quantitative estimate of drug-likeness (QED) is 0.674. The van der Waals surface area contributed by atoms with Gasteiger partial charge in [0.05, 0.1) is 0 Å². The predicted molar refractivity (Wildman–Crippen MR) is 60.5 cm³/mol. The van der Waals surface area contributed by atoms with E-state index in [4.69, 9.17) is 0 Å². The number of fused-ring (bicyclic) bond motifs is 1. The number of rotatable bonds is 0. The molecule has 2 N–H and O–H groups in total. The van der Waals surface area contributed by atoms with Crippen LogP contribution in [0.5, 0.6) is 0 Å². The summed E-state index contributed by atoms with van der Waals surface area (Å²) in [6, 6.07) is 10.3. The van der Waals surface area contributed by atoms with Gasteiger partial charge in [-0.1, -0.05) is 18.2 Å². The Hall–Kier alpha value is -1.77. The highest BCUT2D eigenvalue weighted by atomic mass is 16.1. The third-order valence-electron chi connectivity index (χ3n) is 2.37. The van der Waals surface area contributed by atoms with E-state index in [2.05, 4.69) is 28.5 Å². The summed E-state index contributed by atoms with van der Waals surface area (Å²) in [4.78, 5) is 13.3. The van der Waals surface area contributed by atoms with E-state index in [9.17, 15) is 4.79 Å². The minimum atomic E-state index is 0.204. The molecular formula is C12H14N2O. The topological polar surface area (TPSA) is 44.9 Å². The molecule has 1 fully saturated rings. The molecule has 0 unspecified atom stereocenters. The summed E-state index contributed by atoms with van der Waals surface area (Å²) in [6.07, 6.45) is 3.71. The molecule has 1 amide bonds. The summed E-state index contributed by atoms with van der Waals surface area (Å²) < 4.78 is 0. The molecule has 0 bridgehead atoms. The van der Waals surface area contributed by atoms with Gasteiger partial charge in [0.25, 0.3) is 0 Å². The lowest BCUT2D eigenvalue weighted by Gasteiger charge is -1.83. The average molecular weight is 202 g/mol. The number of hydrogen-bond donors (Lipinski definition) is 2. The van der Waals surface area contributed by atoms with Crippen LogP contribution in [0.3, 0.4) is 0 Å². The summed E-state index contributed by atoms with van der Waals surface area (Å²) >= 11 is 0. The van der Waals surface area contributed by atoms with Crippen LogP contribution in [0.2, 0.25) is 0 Å². The van der Waals surface area contributed by atoms with Crippen molar-refractivity contribution in [1.29, 1.82) is 0 Å². The number of aromatic nitrogens is 1. The summed E-state index contributed by atoms with van der Waals surface area (Å²) in [5.74, 6) is 0.204. The molecule has 0 aliphatic carbocycles. The van der Waals surface area contributed by atoms with E-state index in [-0.39, 0.29) is 5.91 Å². The van der Waals surface area contributed by atoms with E-state index in [1.54, 1.807) is 0 Å². The van der Waals surface area contributed by atoms with Crippen LogP contribution in [0, 0.1) is 0 Å². The molecule has 1 saturated heterocycles. The number of para-hydroxylation sites is 1. The van der Waals surface area contributed by atoms with Crippen LogP contribution in [0.1, 0.15) is 12.8 Å². The Morgan fingerprint density at radius 2 is 2.00 bits per heavy atom. The largest absolute Gasteiger partial charge is 0.361 e. The van der Waals surface area contributed by atoms with Crippen molar-refractivity contribution in [1.82, 2.24) is 10.3 Å². The van der Waals surface area contributed by atoms with Crippen LogP contribution in [0.4, 0.5) is 0 Å². The van der Waals surface area contributed by atoms with Crippen LogP contribution in [-0.2, 0) is 4.79 Å². The van der Waals surface area contributed by atoms with Gasteiger partial charge in [0.2, 0.25) is 5.91 Å². The maximum atomic E-state index is 10.1. The lowest BCUT2D eigenvalue weighted by molar-refractivity contribution is -0.119. The first-order chi connectivity index (χ1) is 7.36. The smallest absolute Gasteiger partial charge is 0.220 e. The fraction of sp³-hybridized carbons (Fsp3) is 0.250. The van der Waals surface area contributed by atoms with Crippen molar-refractivity contribution in [2.24, 2.45) is 0 Å². The van der Waals surface area contributed by atoms with Crippen LogP contribution >= 0.6 is 0 Å². The van der Waals surface area contributed by atoms with Gasteiger partial charge in [-0.2, -0.15) is 0 Å². The minimum Gasteiger partial charge on any atom is -0.361 e. The van der Waals surface area contributed by atoms with E-state index in [0.717, 1.165) is 19.4 Å². The van der Waals surface area contributed by atoms with Gasteiger partial charge in [-0.25, -0.2) is 0 Å². The molecule has 0 atom stereocenters. The van der Waals surface area contributed by atoms with Crippen molar-refractivity contribution in [2.75, 3.05) is 6.54 Å². The van der Waals surface area contributed by atoms with E-state index in [1.807, 2.05) is 18.3 Å². The Labute approximate surface area is 88.5 Å². The highest BCUT2D eigenvalue weighted by Crippen LogP contribution is 2.09.